The highest BCUT2D eigenvalue weighted by Crippen LogP contribution is 2.34. The predicted molar refractivity (Wildman–Crippen MR) is 86.1 cm³/mol. The summed E-state index contributed by atoms with van der Waals surface area (Å²) >= 11 is 0. The van der Waals surface area contributed by atoms with Gasteiger partial charge in [-0.05, 0) is 55.2 Å². The molecule has 0 saturated heterocycles. The molecule has 0 aliphatic carbocycles. The fourth-order valence-electron chi connectivity index (χ4n) is 2.39. The maximum Gasteiger partial charge on any atom is 0.161 e. The summed E-state index contributed by atoms with van der Waals surface area (Å²) in [5, 5.41) is 0. The van der Waals surface area contributed by atoms with Gasteiger partial charge in [-0.15, -0.1) is 0 Å². The zero-order valence-electron chi connectivity index (χ0n) is 13.4. The van der Waals surface area contributed by atoms with Gasteiger partial charge in [-0.2, -0.15) is 0 Å². The number of benzene rings is 2. The Balaban J connectivity index is 2.49. The average Bonchev–Trinajstić information content (AvgIpc) is 2.49. The fourth-order valence-corrected chi connectivity index (χ4v) is 2.39. The van der Waals surface area contributed by atoms with E-state index in [0.29, 0.717) is 11.5 Å². The quantitative estimate of drug-likeness (QED) is 0.934. The third-order valence-electron chi connectivity index (χ3n) is 4.09. The van der Waals surface area contributed by atoms with Crippen LogP contribution in [0.4, 0.5) is 0 Å². The van der Waals surface area contributed by atoms with Crippen LogP contribution >= 0.6 is 0 Å². The monoisotopic (exact) mass is 285 g/mol. The van der Waals surface area contributed by atoms with Crippen LogP contribution in [0.1, 0.15) is 29.2 Å². The number of nitrogens with two attached hydrogens (primary N) is 1. The largest absolute Gasteiger partial charge is 0.493 e. The van der Waals surface area contributed by atoms with E-state index in [1.165, 1.54) is 11.1 Å². The van der Waals surface area contributed by atoms with Crippen LogP contribution in [-0.2, 0) is 5.54 Å². The number of ether oxygens (including phenoxy) is 2. The van der Waals surface area contributed by atoms with Crippen LogP contribution in [0.15, 0.2) is 36.4 Å². The van der Waals surface area contributed by atoms with Crippen molar-refractivity contribution in [1.29, 1.82) is 0 Å². The molecule has 0 amide bonds. The average molecular weight is 285 g/mol. The smallest absolute Gasteiger partial charge is 0.161 e. The molecule has 0 aliphatic rings. The van der Waals surface area contributed by atoms with Crippen molar-refractivity contribution >= 4 is 0 Å². The van der Waals surface area contributed by atoms with Crippen LogP contribution in [-0.4, -0.2) is 14.2 Å². The van der Waals surface area contributed by atoms with Crippen molar-refractivity contribution < 1.29 is 9.47 Å². The second-order valence-electron chi connectivity index (χ2n) is 5.57. The number of methoxy groups -OCH3 is 2. The zero-order valence-corrected chi connectivity index (χ0v) is 13.4. The molecule has 0 spiro atoms. The highest BCUT2D eigenvalue weighted by Gasteiger charge is 2.25. The van der Waals surface area contributed by atoms with Crippen molar-refractivity contribution in [1.82, 2.24) is 0 Å². The van der Waals surface area contributed by atoms with Gasteiger partial charge in [-0.1, -0.05) is 24.3 Å². The first-order valence-corrected chi connectivity index (χ1v) is 6.99. The Labute approximate surface area is 126 Å². The van der Waals surface area contributed by atoms with E-state index in [1.807, 2.05) is 25.1 Å². The standard InChI is InChI=1S/C18H23NO2/c1-12-6-7-14(10-13(12)2)18(3,19)15-8-9-16(20-4)17(11-15)21-5/h6-11H,19H2,1-5H3. The van der Waals surface area contributed by atoms with Gasteiger partial charge in [0.15, 0.2) is 11.5 Å². The van der Waals surface area contributed by atoms with E-state index >= 15 is 0 Å². The van der Waals surface area contributed by atoms with Gasteiger partial charge in [0.2, 0.25) is 0 Å². The minimum Gasteiger partial charge on any atom is -0.493 e. The Morgan fingerprint density at radius 2 is 1.38 bits per heavy atom. The summed E-state index contributed by atoms with van der Waals surface area (Å²) in [6, 6.07) is 12.1. The predicted octanol–water partition coefficient (Wildman–Crippen LogP) is 3.54. The van der Waals surface area contributed by atoms with Crippen molar-refractivity contribution in [3.63, 3.8) is 0 Å². The Kier molecular flexibility index (Phi) is 4.24. The Bertz CT molecular complexity index is 648. The molecular weight excluding hydrogens is 262 g/mol. The molecule has 0 radical (unpaired) electrons. The lowest BCUT2D eigenvalue weighted by molar-refractivity contribution is 0.353. The van der Waals surface area contributed by atoms with Gasteiger partial charge < -0.3 is 15.2 Å². The molecule has 1 unspecified atom stereocenters. The molecule has 0 fully saturated rings. The highest BCUT2D eigenvalue weighted by atomic mass is 16.5. The van der Waals surface area contributed by atoms with Crippen molar-refractivity contribution in [3.8, 4) is 11.5 Å². The zero-order chi connectivity index (χ0) is 15.6. The lowest BCUT2D eigenvalue weighted by atomic mass is 9.84. The van der Waals surface area contributed by atoms with Crippen molar-refractivity contribution in [3.05, 3.63) is 58.7 Å². The summed E-state index contributed by atoms with van der Waals surface area (Å²) in [5.41, 5.74) is 10.6. The Morgan fingerprint density at radius 3 is 1.95 bits per heavy atom. The number of aryl methyl sites for hydroxylation is 2. The van der Waals surface area contributed by atoms with E-state index < -0.39 is 5.54 Å². The van der Waals surface area contributed by atoms with Gasteiger partial charge in [-0.25, -0.2) is 0 Å². The van der Waals surface area contributed by atoms with Gasteiger partial charge in [-0.3, -0.25) is 0 Å². The van der Waals surface area contributed by atoms with Crippen LogP contribution in [0.3, 0.4) is 0 Å². The molecule has 1 atom stereocenters. The minimum atomic E-state index is -0.585. The first-order valence-electron chi connectivity index (χ1n) is 6.99. The minimum absolute atomic E-state index is 0.585. The first-order chi connectivity index (χ1) is 9.90. The maximum absolute atomic E-state index is 6.60. The summed E-state index contributed by atoms with van der Waals surface area (Å²) in [6.07, 6.45) is 0. The second kappa shape index (κ2) is 5.78. The third-order valence-corrected chi connectivity index (χ3v) is 4.09. The van der Waals surface area contributed by atoms with Crippen molar-refractivity contribution in [2.75, 3.05) is 14.2 Å². The van der Waals surface area contributed by atoms with E-state index in [4.69, 9.17) is 15.2 Å². The Morgan fingerprint density at radius 1 is 0.810 bits per heavy atom. The lowest BCUT2D eigenvalue weighted by Crippen LogP contribution is -2.34. The van der Waals surface area contributed by atoms with Gasteiger partial charge >= 0.3 is 0 Å². The summed E-state index contributed by atoms with van der Waals surface area (Å²) in [7, 11) is 3.26. The summed E-state index contributed by atoms with van der Waals surface area (Å²) in [6.45, 7) is 6.21. The van der Waals surface area contributed by atoms with Crippen molar-refractivity contribution in [2.24, 2.45) is 5.73 Å². The molecular formula is C18H23NO2. The van der Waals surface area contributed by atoms with Crippen LogP contribution < -0.4 is 15.2 Å². The highest BCUT2D eigenvalue weighted by molar-refractivity contribution is 5.48. The molecule has 2 rings (SSSR count). The first kappa shape index (κ1) is 15.4. The molecule has 3 nitrogen and oxygen atoms in total. The van der Waals surface area contributed by atoms with Crippen LogP contribution in [0.2, 0.25) is 0 Å². The molecule has 2 N–H and O–H groups in total. The van der Waals surface area contributed by atoms with Gasteiger partial charge in [0.25, 0.3) is 0 Å². The van der Waals surface area contributed by atoms with Gasteiger partial charge in [0, 0.05) is 0 Å². The van der Waals surface area contributed by atoms with E-state index in [9.17, 15) is 0 Å². The fraction of sp³-hybridized carbons (Fsp3) is 0.333. The van der Waals surface area contributed by atoms with E-state index in [1.54, 1.807) is 14.2 Å². The molecule has 0 aromatic heterocycles. The molecule has 2 aromatic carbocycles. The molecule has 0 aliphatic heterocycles. The molecule has 0 heterocycles. The SMILES string of the molecule is COc1ccc(C(C)(N)c2ccc(C)c(C)c2)cc1OC. The van der Waals surface area contributed by atoms with E-state index in [-0.39, 0.29) is 0 Å². The molecule has 21 heavy (non-hydrogen) atoms. The molecule has 0 saturated carbocycles. The van der Waals surface area contributed by atoms with Crippen LogP contribution in [0.5, 0.6) is 11.5 Å². The number of hydrogen-bond acceptors (Lipinski definition) is 3. The molecule has 0 bridgehead atoms. The Hall–Kier alpha value is -2.00. The number of hydrogen-bond donors (Lipinski definition) is 1. The second-order valence-corrected chi connectivity index (χ2v) is 5.57. The number of rotatable bonds is 4. The molecule has 2 aromatic rings. The van der Waals surface area contributed by atoms with Crippen LogP contribution in [0.25, 0.3) is 0 Å². The molecule has 112 valence electrons. The van der Waals surface area contributed by atoms with E-state index in [2.05, 4.69) is 32.0 Å². The normalized spacial score (nSPS) is 13.6. The van der Waals surface area contributed by atoms with Crippen molar-refractivity contribution in [2.45, 2.75) is 26.3 Å². The van der Waals surface area contributed by atoms with E-state index in [0.717, 1.165) is 11.1 Å². The summed E-state index contributed by atoms with van der Waals surface area (Å²) < 4.78 is 10.6. The van der Waals surface area contributed by atoms with Crippen LogP contribution in [0, 0.1) is 13.8 Å². The third kappa shape index (κ3) is 2.88. The summed E-state index contributed by atoms with van der Waals surface area (Å²) in [4.78, 5) is 0. The summed E-state index contributed by atoms with van der Waals surface area (Å²) in [5.74, 6) is 1.40. The van der Waals surface area contributed by atoms with Gasteiger partial charge in [0.05, 0.1) is 19.8 Å². The maximum atomic E-state index is 6.60. The van der Waals surface area contributed by atoms with Gasteiger partial charge in [0.1, 0.15) is 0 Å². The lowest BCUT2D eigenvalue weighted by Gasteiger charge is -2.27. The topological polar surface area (TPSA) is 44.5 Å². The molecule has 3 heteroatoms.